The molecule has 0 amide bonds. The second-order valence-corrected chi connectivity index (χ2v) is 6.23. The van der Waals surface area contributed by atoms with Crippen molar-refractivity contribution in [3.8, 4) is 6.57 Å². The van der Waals surface area contributed by atoms with E-state index in [1.54, 1.807) is 31.2 Å². The van der Waals surface area contributed by atoms with Crippen LogP contribution in [0.5, 0.6) is 0 Å². The molecule has 1 unspecified atom stereocenters. The highest BCUT2D eigenvalue weighted by Crippen LogP contribution is 2.22. The quantitative estimate of drug-likeness (QED) is 0.770. The Hall–Kier alpha value is -1.60. The Balaban J connectivity index is 3.14. The van der Waals surface area contributed by atoms with Crippen LogP contribution in [0.25, 0.3) is 4.85 Å². The Morgan fingerprint density at radius 2 is 1.94 bits per heavy atom. The van der Waals surface area contributed by atoms with Gasteiger partial charge < -0.3 is 0 Å². The van der Waals surface area contributed by atoms with Gasteiger partial charge in [0.05, 0.1) is 11.3 Å². The Morgan fingerprint density at radius 1 is 1.41 bits per heavy atom. The zero-order chi connectivity index (χ0) is 13.1. The van der Waals surface area contributed by atoms with E-state index in [0.717, 1.165) is 11.1 Å². The molecule has 0 aliphatic rings. The van der Waals surface area contributed by atoms with Gasteiger partial charge in [-0.05, 0) is 26.0 Å². The first kappa shape index (κ1) is 13.5. The Kier molecular flexibility index (Phi) is 4.08. The van der Waals surface area contributed by atoms with Gasteiger partial charge in [0.25, 0.3) is 16.4 Å². The van der Waals surface area contributed by atoms with E-state index in [1.807, 2.05) is 6.92 Å². The molecule has 0 aromatic heterocycles. The summed E-state index contributed by atoms with van der Waals surface area (Å²) in [6.07, 6.45) is 0.243. The van der Waals surface area contributed by atoms with Crippen molar-refractivity contribution in [1.29, 1.82) is 0 Å². The predicted octanol–water partition coefficient (Wildman–Crippen LogP) is 3.02. The van der Waals surface area contributed by atoms with Gasteiger partial charge in [-0.25, -0.2) is 8.42 Å². The highest BCUT2D eigenvalue weighted by Gasteiger charge is 2.35. The van der Waals surface area contributed by atoms with Crippen molar-refractivity contribution < 1.29 is 8.42 Å². The molecular weight excluding hydrogens is 234 g/mol. The van der Waals surface area contributed by atoms with Crippen molar-refractivity contribution >= 4 is 9.84 Å². The van der Waals surface area contributed by atoms with Crippen molar-refractivity contribution in [1.82, 2.24) is 0 Å². The largest absolute Gasteiger partial charge is 0.376 e. The van der Waals surface area contributed by atoms with Crippen molar-refractivity contribution in [2.45, 2.75) is 30.5 Å². The predicted molar refractivity (Wildman–Crippen MR) is 69.9 cm³/mol. The first-order valence-electron chi connectivity index (χ1n) is 5.23. The standard InChI is InChI=1S/C13H16NO2S/c1-10(2)9-13(14-4)17(15,16)12-7-5-11(3)6-8-12/h4-8,13H,1,9H2,2-3H3/q+1. The van der Waals surface area contributed by atoms with Crippen LogP contribution >= 0.6 is 0 Å². The second-order valence-electron chi connectivity index (χ2n) is 4.12. The molecule has 1 atom stereocenters. The summed E-state index contributed by atoms with van der Waals surface area (Å²) >= 11 is 0. The number of sulfone groups is 1. The van der Waals surface area contributed by atoms with Crippen LogP contribution in [-0.4, -0.2) is 13.8 Å². The van der Waals surface area contributed by atoms with Crippen LogP contribution in [0.3, 0.4) is 0 Å². The molecule has 1 aromatic rings. The fourth-order valence-corrected chi connectivity index (χ4v) is 2.92. The topological polar surface area (TPSA) is 38.5 Å². The SMILES string of the molecule is C#[N+]C(CC(=C)C)S(=O)(=O)c1ccc(C)cc1. The zero-order valence-corrected chi connectivity index (χ0v) is 10.9. The highest BCUT2D eigenvalue weighted by molar-refractivity contribution is 7.92. The fraction of sp³-hybridized carbons (Fsp3) is 0.308. The monoisotopic (exact) mass is 250 g/mol. The lowest BCUT2D eigenvalue weighted by Crippen LogP contribution is -2.18. The third kappa shape index (κ3) is 3.18. The molecule has 0 heterocycles. The van der Waals surface area contributed by atoms with E-state index >= 15 is 0 Å². The summed E-state index contributed by atoms with van der Waals surface area (Å²) < 4.78 is 24.4. The van der Waals surface area contributed by atoms with E-state index in [1.165, 1.54) is 0 Å². The molecule has 0 radical (unpaired) electrons. The van der Waals surface area contributed by atoms with Crippen LogP contribution in [0, 0.1) is 13.5 Å². The van der Waals surface area contributed by atoms with Gasteiger partial charge in [0.1, 0.15) is 0 Å². The average molecular weight is 250 g/mol. The summed E-state index contributed by atoms with van der Waals surface area (Å²) in [4.78, 5) is 3.69. The maximum Gasteiger partial charge on any atom is 0.376 e. The molecule has 0 aliphatic carbocycles. The fourth-order valence-electron chi connectivity index (χ4n) is 1.43. The smallest absolute Gasteiger partial charge is 0.215 e. The summed E-state index contributed by atoms with van der Waals surface area (Å²) in [5.41, 5.74) is 1.74. The van der Waals surface area contributed by atoms with Gasteiger partial charge in [0, 0.05) is 0 Å². The Bertz CT molecular complexity index is 550. The summed E-state index contributed by atoms with van der Waals surface area (Å²) in [6.45, 7) is 12.5. The molecule has 90 valence electrons. The lowest BCUT2D eigenvalue weighted by atomic mass is 10.2. The first-order valence-corrected chi connectivity index (χ1v) is 6.77. The molecule has 0 aliphatic heterocycles. The van der Waals surface area contributed by atoms with E-state index in [4.69, 9.17) is 6.57 Å². The molecule has 0 saturated heterocycles. The number of rotatable bonds is 4. The van der Waals surface area contributed by atoms with Crippen molar-refractivity contribution in [3.63, 3.8) is 0 Å². The van der Waals surface area contributed by atoms with Gasteiger partial charge in [0.2, 0.25) is 0 Å². The number of hydrogen-bond donors (Lipinski definition) is 0. The van der Waals surface area contributed by atoms with Crippen molar-refractivity contribution in [2.75, 3.05) is 0 Å². The highest BCUT2D eigenvalue weighted by atomic mass is 32.2. The van der Waals surface area contributed by atoms with Crippen LogP contribution in [0.2, 0.25) is 0 Å². The minimum Gasteiger partial charge on any atom is -0.215 e. The maximum absolute atomic E-state index is 12.2. The molecule has 0 fully saturated rings. The summed E-state index contributed by atoms with van der Waals surface area (Å²) in [5, 5.41) is -0.956. The average Bonchev–Trinajstić information content (AvgIpc) is 2.26. The van der Waals surface area contributed by atoms with E-state index in [9.17, 15) is 8.42 Å². The van der Waals surface area contributed by atoms with Gasteiger partial charge >= 0.3 is 5.37 Å². The third-order valence-corrected chi connectivity index (χ3v) is 4.33. The van der Waals surface area contributed by atoms with Crippen LogP contribution in [-0.2, 0) is 9.84 Å². The van der Waals surface area contributed by atoms with Gasteiger partial charge in [-0.15, -0.1) is 0 Å². The van der Waals surface area contributed by atoms with Crippen LogP contribution in [0.4, 0.5) is 0 Å². The number of nitrogens with zero attached hydrogens (tertiary/aromatic N) is 1. The maximum atomic E-state index is 12.2. The third-order valence-electron chi connectivity index (χ3n) is 2.40. The van der Waals surface area contributed by atoms with Crippen LogP contribution in [0.15, 0.2) is 41.3 Å². The van der Waals surface area contributed by atoms with E-state index in [0.29, 0.717) is 0 Å². The molecule has 0 bridgehead atoms. The second kappa shape index (κ2) is 5.15. The summed E-state index contributed by atoms with van der Waals surface area (Å²) in [7, 11) is -3.52. The molecule has 17 heavy (non-hydrogen) atoms. The van der Waals surface area contributed by atoms with E-state index in [2.05, 4.69) is 11.4 Å². The number of aryl methyl sites for hydroxylation is 1. The molecule has 4 heteroatoms. The summed E-state index contributed by atoms with van der Waals surface area (Å²) in [6, 6.07) is 6.64. The molecule has 1 aromatic carbocycles. The Morgan fingerprint density at radius 3 is 2.35 bits per heavy atom. The van der Waals surface area contributed by atoms with Crippen LogP contribution in [0.1, 0.15) is 18.9 Å². The molecule has 0 N–H and O–H groups in total. The molecule has 0 spiro atoms. The van der Waals surface area contributed by atoms with Crippen LogP contribution < -0.4 is 0 Å². The van der Waals surface area contributed by atoms with Gasteiger partial charge in [0.15, 0.2) is 0 Å². The number of hydrogen-bond acceptors (Lipinski definition) is 2. The van der Waals surface area contributed by atoms with Crippen molar-refractivity contribution in [2.24, 2.45) is 0 Å². The first-order chi connectivity index (χ1) is 7.87. The van der Waals surface area contributed by atoms with E-state index in [-0.39, 0.29) is 11.3 Å². The molecular formula is C13H16NO2S+. The Labute approximate surface area is 103 Å². The summed E-state index contributed by atoms with van der Waals surface area (Å²) in [5.74, 6) is 0. The molecule has 3 nitrogen and oxygen atoms in total. The lowest BCUT2D eigenvalue weighted by molar-refractivity contribution is 0.587. The number of benzene rings is 1. The van der Waals surface area contributed by atoms with Gasteiger partial charge in [-0.1, -0.05) is 34.7 Å². The molecule has 0 saturated carbocycles. The van der Waals surface area contributed by atoms with E-state index < -0.39 is 15.2 Å². The van der Waals surface area contributed by atoms with Crippen molar-refractivity contribution in [3.05, 3.63) is 46.8 Å². The van der Waals surface area contributed by atoms with Gasteiger partial charge in [-0.2, -0.15) is 0 Å². The normalized spacial score (nSPS) is 12.8. The lowest BCUT2D eigenvalue weighted by Gasteiger charge is -2.05. The zero-order valence-electron chi connectivity index (χ0n) is 10.1. The van der Waals surface area contributed by atoms with Gasteiger partial charge in [-0.3, -0.25) is 0 Å². The minimum absolute atomic E-state index is 0.239. The molecule has 1 rings (SSSR count). The minimum atomic E-state index is -3.52.